The molecular weight excluding hydrogens is 360 g/mol. The number of hydrogen-bond donors (Lipinski definition) is 2. The maximum absolute atomic E-state index is 11.1. The predicted octanol–water partition coefficient (Wildman–Crippen LogP) is 3.17. The number of nitrogens with one attached hydrogen (secondary N) is 2. The second-order valence-electron chi connectivity index (χ2n) is 6.81. The number of aliphatic imine (C=N–C) groups is 1. The lowest BCUT2D eigenvalue weighted by atomic mass is 10.2. The number of carbonyl (C=O) groups excluding carboxylic acids is 1. The highest BCUT2D eigenvalue weighted by atomic mass is 32.1. The number of hydrogen-bond acceptors (Lipinski definition) is 5. The van der Waals surface area contributed by atoms with E-state index in [4.69, 9.17) is 4.99 Å². The van der Waals surface area contributed by atoms with Gasteiger partial charge in [-0.1, -0.05) is 12.5 Å². The predicted molar refractivity (Wildman–Crippen MR) is 112 cm³/mol. The first-order valence-corrected chi connectivity index (χ1v) is 11.0. The SMILES string of the molecule is CCNC(=NCC(c1cccs1)N1CCCC1)NCCCCCC(=O)OC. The van der Waals surface area contributed by atoms with Gasteiger partial charge in [0.1, 0.15) is 0 Å². The Bertz CT molecular complexity index is 556. The molecule has 1 saturated heterocycles. The highest BCUT2D eigenvalue weighted by Crippen LogP contribution is 2.28. The van der Waals surface area contributed by atoms with Gasteiger partial charge in [0.2, 0.25) is 0 Å². The number of ether oxygens (including phenoxy) is 1. The molecule has 0 aromatic carbocycles. The van der Waals surface area contributed by atoms with Crippen LogP contribution in [0, 0.1) is 0 Å². The van der Waals surface area contributed by atoms with E-state index in [9.17, 15) is 4.79 Å². The van der Waals surface area contributed by atoms with Crippen LogP contribution in [0.4, 0.5) is 0 Å². The summed E-state index contributed by atoms with van der Waals surface area (Å²) in [6.07, 6.45) is 5.97. The van der Waals surface area contributed by atoms with Crippen molar-refractivity contribution in [3.8, 4) is 0 Å². The molecule has 0 radical (unpaired) electrons. The Hall–Kier alpha value is -1.60. The third kappa shape index (κ3) is 7.89. The second kappa shape index (κ2) is 12.7. The molecule has 1 fully saturated rings. The van der Waals surface area contributed by atoms with Crippen molar-refractivity contribution >= 4 is 23.3 Å². The molecule has 0 aliphatic carbocycles. The molecular formula is C20H34N4O2S. The maximum atomic E-state index is 11.1. The lowest BCUT2D eigenvalue weighted by Crippen LogP contribution is -2.38. The molecule has 1 aliphatic heterocycles. The van der Waals surface area contributed by atoms with E-state index in [-0.39, 0.29) is 5.97 Å². The van der Waals surface area contributed by atoms with Crippen molar-refractivity contribution in [2.75, 3.05) is 39.8 Å². The van der Waals surface area contributed by atoms with E-state index in [1.807, 2.05) is 11.3 Å². The van der Waals surface area contributed by atoms with Crippen LogP contribution in [0.5, 0.6) is 0 Å². The number of nitrogens with zero attached hydrogens (tertiary/aromatic N) is 2. The van der Waals surface area contributed by atoms with Gasteiger partial charge in [0.15, 0.2) is 5.96 Å². The van der Waals surface area contributed by atoms with Gasteiger partial charge in [-0.25, -0.2) is 0 Å². The average molecular weight is 395 g/mol. The summed E-state index contributed by atoms with van der Waals surface area (Å²) >= 11 is 1.82. The van der Waals surface area contributed by atoms with E-state index in [1.54, 1.807) is 0 Å². The molecule has 1 aromatic heterocycles. The van der Waals surface area contributed by atoms with Crippen LogP contribution in [0.1, 0.15) is 56.4 Å². The Morgan fingerprint density at radius 2 is 2.11 bits per heavy atom. The zero-order chi connectivity index (χ0) is 19.3. The average Bonchev–Trinajstić information content (AvgIpc) is 3.38. The third-order valence-electron chi connectivity index (χ3n) is 4.80. The monoisotopic (exact) mass is 394 g/mol. The summed E-state index contributed by atoms with van der Waals surface area (Å²) in [5, 5.41) is 8.92. The molecule has 0 bridgehead atoms. The van der Waals surface area contributed by atoms with Crippen LogP contribution in [0.3, 0.4) is 0 Å². The van der Waals surface area contributed by atoms with Crippen LogP contribution < -0.4 is 10.6 Å². The van der Waals surface area contributed by atoms with Crippen molar-refractivity contribution in [3.63, 3.8) is 0 Å². The smallest absolute Gasteiger partial charge is 0.305 e. The lowest BCUT2D eigenvalue weighted by molar-refractivity contribution is -0.140. The van der Waals surface area contributed by atoms with Gasteiger partial charge in [-0.2, -0.15) is 0 Å². The summed E-state index contributed by atoms with van der Waals surface area (Å²) in [4.78, 5) is 19.9. The van der Waals surface area contributed by atoms with Gasteiger partial charge in [-0.15, -0.1) is 11.3 Å². The van der Waals surface area contributed by atoms with E-state index in [2.05, 4.69) is 44.7 Å². The first kappa shape index (κ1) is 21.7. The molecule has 2 rings (SSSR count). The molecule has 0 spiro atoms. The van der Waals surface area contributed by atoms with Gasteiger partial charge in [-0.05, 0) is 57.1 Å². The minimum atomic E-state index is -0.126. The van der Waals surface area contributed by atoms with Gasteiger partial charge < -0.3 is 15.4 Å². The van der Waals surface area contributed by atoms with Crippen LogP contribution in [0.2, 0.25) is 0 Å². The van der Waals surface area contributed by atoms with Crippen molar-refractivity contribution in [2.45, 2.75) is 51.5 Å². The summed E-state index contributed by atoms with van der Waals surface area (Å²) in [7, 11) is 1.44. The Morgan fingerprint density at radius 1 is 1.30 bits per heavy atom. The van der Waals surface area contributed by atoms with Crippen LogP contribution in [-0.2, 0) is 9.53 Å². The van der Waals surface area contributed by atoms with Gasteiger partial charge in [-0.3, -0.25) is 14.7 Å². The normalized spacial score (nSPS) is 16.3. The Kier molecular flexibility index (Phi) is 10.2. The van der Waals surface area contributed by atoms with E-state index in [0.29, 0.717) is 12.5 Å². The fourth-order valence-electron chi connectivity index (χ4n) is 3.32. The first-order chi connectivity index (χ1) is 13.2. The summed E-state index contributed by atoms with van der Waals surface area (Å²) in [6.45, 7) is 6.91. The number of likely N-dealkylation sites (tertiary alicyclic amines) is 1. The summed E-state index contributed by atoms with van der Waals surface area (Å²) < 4.78 is 4.67. The van der Waals surface area contributed by atoms with Crippen molar-refractivity contribution in [1.82, 2.24) is 15.5 Å². The zero-order valence-corrected chi connectivity index (χ0v) is 17.5. The van der Waals surface area contributed by atoms with E-state index < -0.39 is 0 Å². The van der Waals surface area contributed by atoms with E-state index in [0.717, 1.165) is 44.9 Å². The Labute approximate surface area is 167 Å². The topological polar surface area (TPSA) is 66.0 Å². The van der Waals surface area contributed by atoms with Crippen LogP contribution >= 0.6 is 11.3 Å². The molecule has 2 N–H and O–H groups in total. The fourth-order valence-corrected chi connectivity index (χ4v) is 4.17. The molecule has 2 heterocycles. The summed E-state index contributed by atoms with van der Waals surface area (Å²) in [5.74, 6) is 0.755. The first-order valence-electron chi connectivity index (χ1n) is 10.1. The number of guanidine groups is 1. The van der Waals surface area contributed by atoms with Crippen molar-refractivity contribution in [2.24, 2.45) is 4.99 Å². The highest BCUT2D eigenvalue weighted by Gasteiger charge is 2.24. The van der Waals surface area contributed by atoms with Crippen molar-refractivity contribution in [3.05, 3.63) is 22.4 Å². The minimum absolute atomic E-state index is 0.126. The maximum Gasteiger partial charge on any atom is 0.305 e. The van der Waals surface area contributed by atoms with Gasteiger partial charge >= 0.3 is 5.97 Å². The van der Waals surface area contributed by atoms with Gasteiger partial charge in [0.25, 0.3) is 0 Å². The number of unbranched alkanes of at least 4 members (excludes halogenated alkanes) is 2. The molecule has 7 heteroatoms. The Balaban J connectivity index is 1.80. The largest absolute Gasteiger partial charge is 0.469 e. The molecule has 0 saturated carbocycles. The quantitative estimate of drug-likeness (QED) is 0.261. The number of rotatable bonds is 11. The van der Waals surface area contributed by atoms with E-state index in [1.165, 1.54) is 37.9 Å². The Morgan fingerprint density at radius 3 is 2.78 bits per heavy atom. The van der Waals surface area contributed by atoms with Crippen molar-refractivity contribution < 1.29 is 9.53 Å². The fraction of sp³-hybridized carbons (Fsp3) is 0.700. The number of esters is 1. The lowest BCUT2D eigenvalue weighted by Gasteiger charge is -2.25. The second-order valence-corrected chi connectivity index (χ2v) is 7.79. The molecule has 6 nitrogen and oxygen atoms in total. The zero-order valence-electron chi connectivity index (χ0n) is 16.7. The molecule has 1 aliphatic rings. The number of methoxy groups -OCH3 is 1. The highest BCUT2D eigenvalue weighted by molar-refractivity contribution is 7.10. The number of carbonyl (C=O) groups is 1. The van der Waals surface area contributed by atoms with Gasteiger partial charge in [0, 0.05) is 24.4 Å². The molecule has 1 aromatic rings. The standard InChI is InChI=1S/C20H34N4O2S/c1-3-21-20(22-12-6-4-5-11-19(25)26-2)23-16-17(18-10-9-15-27-18)24-13-7-8-14-24/h9-10,15,17H,3-8,11-14,16H2,1-2H3,(H2,21,22,23). The van der Waals surface area contributed by atoms with Crippen LogP contribution in [-0.4, -0.2) is 56.7 Å². The number of thiophene rings is 1. The van der Waals surface area contributed by atoms with Crippen LogP contribution in [0.15, 0.2) is 22.5 Å². The summed E-state index contributed by atoms with van der Waals surface area (Å²) in [6, 6.07) is 4.73. The summed E-state index contributed by atoms with van der Waals surface area (Å²) in [5.41, 5.74) is 0. The molecule has 1 unspecified atom stereocenters. The minimum Gasteiger partial charge on any atom is -0.469 e. The van der Waals surface area contributed by atoms with Gasteiger partial charge in [0.05, 0.1) is 19.7 Å². The molecule has 0 amide bonds. The third-order valence-corrected chi connectivity index (χ3v) is 5.77. The molecule has 152 valence electrons. The molecule has 27 heavy (non-hydrogen) atoms. The van der Waals surface area contributed by atoms with Crippen LogP contribution in [0.25, 0.3) is 0 Å². The van der Waals surface area contributed by atoms with Crippen molar-refractivity contribution in [1.29, 1.82) is 0 Å². The molecule has 1 atom stereocenters. The van der Waals surface area contributed by atoms with E-state index >= 15 is 0 Å².